The number of hydrogen-bond acceptors (Lipinski definition) is 3. The van der Waals surface area contributed by atoms with Crippen molar-refractivity contribution in [3.05, 3.63) is 47.7 Å². The molecule has 1 aliphatic rings. The average Bonchev–Trinajstić information content (AvgIpc) is 2.46. The standard InChI is InChI=1S/C15H20O3/c1-2-17-15(12-8-4-3-5-9-12)14(16)13-10-6-7-11-18-13/h3-5,8-10,14-16H,2,6-7,11H2,1H3. The zero-order valence-corrected chi connectivity index (χ0v) is 10.7. The van der Waals surface area contributed by atoms with Crippen LogP contribution < -0.4 is 0 Å². The van der Waals surface area contributed by atoms with Gasteiger partial charge in [0.15, 0.2) is 0 Å². The third-order valence-corrected chi connectivity index (χ3v) is 3.02. The lowest BCUT2D eigenvalue weighted by Crippen LogP contribution is -2.26. The zero-order chi connectivity index (χ0) is 12.8. The Morgan fingerprint density at radius 2 is 2.11 bits per heavy atom. The molecule has 18 heavy (non-hydrogen) atoms. The van der Waals surface area contributed by atoms with E-state index in [1.165, 1.54) is 0 Å². The van der Waals surface area contributed by atoms with E-state index in [0.717, 1.165) is 18.4 Å². The number of aliphatic hydroxyl groups excluding tert-OH is 1. The lowest BCUT2D eigenvalue weighted by Gasteiger charge is -2.27. The van der Waals surface area contributed by atoms with Gasteiger partial charge >= 0.3 is 0 Å². The molecule has 0 aromatic heterocycles. The summed E-state index contributed by atoms with van der Waals surface area (Å²) in [6.45, 7) is 3.17. The first kappa shape index (κ1) is 13.1. The summed E-state index contributed by atoms with van der Waals surface area (Å²) in [4.78, 5) is 0. The molecule has 1 aromatic rings. The molecule has 0 bridgehead atoms. The zero-order valence-electron chi connectivity index (χ0n) is 10.7. The number of hydrogen-bond donors (Lipinski definition) is 1. The van der Waals surface area contributed by atoms with Gasteiger partial charge in [0.25, 0.3) is 0 Å². The fraction of sp³-hybridized carbons (Fsp3) is 0.467. The number of ether oxygens (including phenoxy) is 2. The minimum Gasteiger partial charge on any atom is -0.495 e. The van der Waals surface area contributed by atoms with Gasteiger partial charge < -0.3 is 14.6 Å². The monoisotopic (exact) mass is 248 g/mol. The van der Waals surface area contributed by atoms with E-state index in [-0.39, 0.29) is 6.10 Å². The molecule has 2 atom stereocenters. The largest absolute Gasteiger partial charge is 0.495 e. The van der Waals surface area contributed by atoms with Gasteiger partial charge in [-0.1, -0.05) is 30.3 Å². The molecule has 0 aliphatic carbocycles. The molecule has 3 nitrogen and oxygen atoms in total. The van der Waals surface area contributed by atoms with Crippen LogP contribution in [0.4, 0.5) is 0 Å². The van der Waals surface area contributed by atoms with Crippen LogP contribution in [-0.2, 0) is 9.47 Å². The van der Waals surface area contributed by atoms with Gasteiger partial charge in [-0.25, -0.2) is 0 Å². The van der Waals surface area contributed by atoms with E-state index in [9.17, 15) is 5.11 Å². The fourth-order valence-electron chi connectivity index (χ4n) is 2.12. The molecule has 1 aliphatic heterocycles. The SMILES string of the molecule is CCOC(c1ccccc1)C(O)C1=CCCCO1. The van der Waals surface area contributed by atoms with Crippen LogP contribution in [0.3, 0.4) is 0 Å². The molecular formula is C15H20O3. The molecule has 0 saturated carbocycles. The summed E-state index contributed by atoms with van der Waals surface area (Å²) in [7, 11) is 0. The van der Waals surface area contributed by atoms with Crippen molar-refractivity contribution < 1.29 is 14.6 Å². The van der Waals surface area contributed by atoms with Crippen molar-refractivity contribution in [1.29, 1.82) is 0 Å². The molecule has 0 spiro atoms. The maximum Gasteiger partial charge on any atom is 0.141 e. The topological polar surface area (TPSA) is 38.7 Å². The maximum atomic E-state index is 10.4. The summed E-state index contributed by atoms with van der Waals surface area (Å²) in [6.07, 6.45) is 2.84. The Balaban J connectivity index is 2.16. The first-order chi connectivity index (χ1) is 8.83. The van der Waals surface area contributed by atoms with Crippen molar-refractivity contribution in [1.82, 2.24) is 0 Å². The highest BCUT2D eigenvalue weighted by molar-refractivity contribution is 5.21. The van der Waals surface area contributed by atoms with Crippen LogP contribution in [0.15, 0.2) is 42.2 Å². The fourth-order valence-corrected chi connectivity index (χ4v) is 2.12. The van der Waals surface area contributed by atoms with Gasteiger partial charge in [0.1, 0.15) is 18.0 Å². The van der Waals surface area contributed by atoms with Gasteiger partial charge in [-0.15, -0.1) is 0 Å². The van der Waals surface area contributed by atoms with Gasteiger partial charge in [-0.2, -0.15) is 0 Å². The highest BCUT2D eigenvalue weighted by atomic mass is 16.5. The first-order valence-electron chi connectivity index (χ1n) is 6.50. The van der Waals surface area contributed by atoms with Crippen LogP contribution in [0, 0.1) is 0 Å². The smallest absolute Gasteiger partial charge is 0.141 e. The Morgan fingerprint density at radius 1 is 1.33 bits per heavy atom. The van der Waals surface area contributed by atoms with Crippen molar-refractivity contribution in [3.8, 4) is 0 Å². The van der Waals surface area contributed by atoms with E-state index in [2.05, 4.69) is 0 Å². The molecular weight excluding hydrogens is 228 g/mol. The summed E-state index contributed by atoms with van der Waals surface area (Å²) in [5.74, 6) is 0.642. The number of rotatable bonds is 5. The van der Waals surface area contributed by atoms with Crippen LogP contribution in [0.25, 0.3) is 0 Å². The summed E-state index contributed by atoms with van der Waals surface area (Å²) in [5.41, 5.74) is 0.974. The summed E-state index contributed by atoms with van der Waals surface area (Å²) >= 11 is 0. The Morgan fingerprint density at radius 3 is 2.72 bits per heavy atom. The summed E-state index contributed by atoms with van der Waals surface area (Å²) < 4.78 is 11.2. The van der Waals surface area contributed by atoms with Crippen molar-refractivity contribution >= 4 is 0 Å². The molecule has 1 N–H and O–H groups in total. The highest BCUT2D eigenvalue weighted by Crippen LogP contribution is 2.28. The Hall–Kier alpha value is -1.32. The van der Waals surface area contributed by atoms with Crippen LogP contribution >= 0.6 is 0 Å². The molecule has 98 valence electrons. The predicted molar refractivity (Wildman–Crippen MR) is 70.1 cm³/mol. The highest BCUT2D eigenvalue weighted by Gasteiger charge is 2.27. The van der Waals surface area contributed by atoms with Crippen LogP contribution in [0.5, 0.6) is 0 Å². The van der Waals surface area contributed by atoms with E-state index in [1.54, 1.807) is 0 Å². The van der Waals surface area contributed by atoms with Crippen LogP contribution in [0.1, 0.15) is 31.4 Å². The van der Waals surface area contributed by atoms with Gasteiger partial charge in [-0.3, -0.25) is 0 Å². The summed E-state index contributed by atoms with van der Waals surface area (Å²) in [6, 6.07) is 9.78. The van der Waals surface area contributed by atoms with Gasteiger partial charge in [0, 0.05) is 6.61 Å². The lowest BCUT2D eigenvalue weighted by atomic mass is 10.0. The molecule has 2 rings (SSSR count). The second-order valence-corrected chi connectivity index (χ2v) is 4.33. The van der Waals surface area contributed by atoms with E-state index in [4.69, 9.17) is 9.47 Å². The Kier molecular flexibility index (Phi) is 4.79. The third kappa shape index (κ3) is 3.12. The van der Waals surface area contributed by atoms with Crippen molar-refractivity contribution in [2.75, 3.05) is 13.2 Å². The molecule has 0 saturated heterocycles. The second-order valence-electron chi connectivity index (χ2n) is 4.33. The van der Waals surface area contributed by atoms with Crippen molar-refractivity contribution in [2.24, 2.45) is 0 Å². The third-order valence-electron chi connectivity index (χ3n) is 3.02. The predicted octanol–water partition coefficient (Wildman–Crippen LogP) is 2.82. The molecule has 0 fully saturated rings. The molecule has 0 amide bonds. The number of benzene rings is 1. The van der Waals surface area contributed by atoms with Gasteiger partial charge in [0.2, 0.25) is 0 Å². The second kappa shape index (κ2) is 6.57. The molecule has 3 heteroatoms. The number of aliphatic hydroxyl groups is 1. The maximum absolute atomic E-state index is 10.4. The van der Waals surface area contributed by atoms with E-state index >= 15 is 0 Å². The molecule has 2 unspecified atom stereocenters. The minimum atomic E-state index is -0.729. The minimum absolute atomic E-state index is 0.361. The van der Waals surface area contributed by atoms with Gasteiger partial charge in [-0.05, 0) is 31.4 Å². The average molecular weight is 248 g/mol. The lowest BCUT2D eigenvalue weighted by molar-refractivity contribution is -0.0440. The quantitative estimate of drug-likeness (QED) is 0.870. The molecule has 0 radical (unpaired) electrons. The van der Waals surface area contributed by atoms with Crippen molar-refractivity contribution in [3.63, 3.8) is 0 Å². The van der Waals surface area contributed by atoms with Crippen molar-refractivity contribution in [2.45, 2.75) is 32.0 Å². The van der Waals surface area contributed by atoms with Gasteiger partial charge in [0.05, 0.1) is 6.61 Å². The Bertz CT molecular complexity index is 386. The Labute approximate surface area is 108 Å². The van der Waals surface area contributed by atoms with Crippen LogP contribution in [-0.4, -0.2) is 24.4 Å². The summed E-state index contributed by atoms with van der Waals surface area (Å²) in [5, 5.41) is 10.4. The normalized spacial score (nSPS) is 18.7. The van der Waals surface area contributed by atoms with Crippen LogP contribution in [0.2, 0.25) is 0 Å². The van der Waals surface area contributed by atoms with E-state index in [0.29, 0.717) is 19.0 Å². The number of allylic oxidation sites excluding steroid dienone is 1. The van der Waals surface area contributed by atoms with E-state index in [1.807, 2.05) is 43.3 Å². The molecule has 1 aromatic carbocycles. The first-order valence-corrected chi connectivity index (χ1v) is 6.50. The van der Waals surface area contributed by atoms with E-state index < -0.39 is 6.10 Å². The molecule has 1 heterocycles.